The Morgan fingerprint density at radius 3 is 2.57 bits per heavy atom. The quantitative estimate of drug-likeness (QED) is 0.797. The Kier molecular flexibility index (Phi) is 3.24. The first-order chi connectivity index (χ1) is 6.48. The van der Waals surface area contributed by atoms with Gasteiger partial charge in [0.2, 0.25) is 0 Å². The van der Waals surface area contributed by atoms with Crippen molar-refractivity contribution in [1.82, 2.24) is 4.98 Å². The second-order valence-electron chi connectivity index (χ2n) is 3.71. The van der Waals surface area contributed by atoms with Gasteiger partial charge in [-0.2, -0.15) is 0 Å². The predicted molar refractivity (Wildman–Crippen MR) is 55.0 cm³/mol. The highest BCUT2D eigenvalue weighted by Gasteiger charge is 2.30. The van der Waals surface area contributed by atoms with Crippen LogP contribution in [0.25, 0.3) is 0 Å². The lowest BCUT2D eigenvalue weighted by Gasteiger charge is -2.29. The molecule has 2 atom stereocenters. The first-order valence-corrected chi connectivity index (χ1v) is 4.66. The number of hydrogen-bond donors (Lipinski definition) is 1. The molecule has 0 aliphatic heterocycles. The first-order valence-electron chi connectivity index (χ1n) is 4.66. The van der Waals surface area contributed by atoms with E-state index in [0.29, 0.717) is 0 Å². The standard InChI is InChI=1S/C11H17NO2/c1-8-5-6-10(7-12-8)11(3,13)9(2)14-4/h5-7,9,13H,1-4H3. The summed E-state index contributed by atoms with van der Waals surface area (Å²) in [5.74, 6) is 0. The highest BCUT2D eigenvalue weighted by molar-refractivity contribution is 5.20. The molecule has 1 aromatic heterocycles. The molecular weight excluding hydrogens is 178 g/mol. The highest BCUT2D eigenvalue weighted by Crippen LogP contribution is 2.25. The van der Waals surface area contributed by atoms with Crippen LogP contribution in [-0.4, -0.2) is 23.3 Å². The molecule has 1 N–H and O–H groups in total. The van der Waals surface area contributed by atoms with Gasteiger partial charge in [-0.05, 0) is 26.8 Å². The number of aryl methyl sites for hydroxylation is 1. The third-order valence-corrected chi connectivity index (χ3v) is 2.64. The van der Waals surface area contributed by atoms with Crippen molar-refractivity contribution in [2.24, 2.45) is 0 Å². The lowest BCUT2D eigenvalue weighted by molar-refractivity contribution is -0.0773. The van der Waals surface area contributed by atoms with Gasteiger partial charge in [0.05, 0.1) is 6.10 Å². The summed E-state index contributed by atoms with van der Waals surface area (Å²) in [6.07, 6.45) is 1.43. The van der Waals surface area contributed by atoms with Gasteiger partial charge in [0.25, 0.3) is 0 Å². The van der Waals surface area contributed by atoms with E-state index in [4.69, 9.17) is 4.74 Å². The van der Waals surface area contributed by atoms with Gasteiger partial charge >= 0.3 is 0 Å². The van der Waals surface area contributed by atoms with E-state index in [0.717, 1.165) is 11.3 Å². The van der Waals surface area contributed by atoms with Crippen molar-refractivity contribution in [2.75, 3.05) is 7.11 Å². The molecular formula is C11H17NO2. The molecule has 0 aromatic carbocycles. The van der Waals surface area contributed by atoms with Gasteiger partial charge in [-0.3, -0.25) is 4.98 Å². The van der Waals surface area contributed by atoms with Gasteiger partial charge in [-0.15, -0.1) is 0 Å². The summed E-state index contributed by atoms with van der Waals surface area (Å²) >= 11 is 0. The minimum absolute atomic E-state index is 0.257. The normalized spacial score (nSPS) is 17.5. The molecule has 0 fully saturated rings. The van der Waals surface area contributed by atoms with Crippen LogP contribution in [-0.2, 0) is 10.3 Å². The minimum Gasteiger partial charge on any atom is -0.383 e. The average molecular weight is 195 g/mol. The molecule has 1 heterocycles. The summed E-state index contributed by atoms with van der Waals surface area (Å²) in [4.78, 5) is 4.15. The van der Waals surface area contributed by atoms with Gasteiger partial charge in [-0.1, -0.05) is 6.07 Å². The summed E-state index contributed by atoms with van der Waals surface area (Å²) in [7, 11) is 1.58. The van der Waals surface area contributed by atoms with Crippen molar-refractivity contribution in [3.05, 3.63) is 29.6 Å². The van der Waals surface area contributed by atoms with Crippen LogP contribution in [0.1, 0.15) is 25.1 Å². The van der Waals surface area contributed by atoms with E-state index in [1.54, 1.807) is 20.2 Å². The van der Waals surface area contributed by atoms with Crippen LogP contribution in [0, 0.1) is 6.92 Å². The molecule has 0 bridgehead atoms. The number of pyridine rings is 1. The Morgan fingerprint density at radius 1 is 1.50 bits per heavy atom. The lowest BCUT2D eigenvalue weighted by Crippen LogP contribution is -2.35. The van der Waals surface area contributed by atoms with E-state index in [2.05, 4.69) is 4.98 Å². The highest BCUT2D eigenvalue weighted by atomic mass is 16.5. The molecule has 0 amide bonds. The SMILES string of the molecule is COC(C)C(C)(O)c1ccc(C)nc1. The van der Waals surface area contributed by atoms with E-state index in [1.165, 1.54) is 0 Å². The molecule has 2 unspecified atom stereocenters. The second kappa shape index (κ2) is 4.07. The molecule has 3 heteroatoms. The van der Waals surface area contributed by atoms with Crippen LogP contribution >= 0.6 is 0 Å². The Balaban J connectivity index is 2.97. The molecule has 0 radical (unpaired) electrons. The number of nitrogens with zero attached hydrogens (tertiary/aromatic N) is 1. The zero-order valence-corrected chi connectivity index (χ0v) is 9.11. The number of ether oxygens (including phenoxy) is 1. The van der Waals surface area contributed by atoms with Crippen LogP contribution in [0.4, 0.5) is 0 Å². The van der Waals surface area contributed by atoms with Crippen molar-refractivity contribution >= 4 is 0 Å². The van der Waals surface area contributed by atoms with E-state index in [9.17, 15) is 5.11 Å². The third-order valence-electron chi connectivity index (χ3n) is 2.64. The molecule has 0 aliphatic rings. The minimum atomic E-state index is -0.991. The summed E-state index contributed by atoms with van der Waals surface area (Å²) in [5.41, 5.74) is 0.724. The van der Waals surface area contributed by atoms with Crippen molar-refractivity contribution in [1.29, 1.82) is 0 Å². The third kappa shape index (κ3) is 2.11. The fourth-order valence-electron chi connectivity index (χ4n) is 1.23. The molecule has 78 valence electrons. The molecule has 1 aromatic rings. The number of rotatable bonds is 3. The summed E-state index contributed by atoms with van der Waals surface area (Å²) in [5, 5.41) is 10.2. The predicted octanol–water partition coefficient (Wildman–Crippen LogP) is 1.63. The summed E-state index contributed by atoms with van der Waals surface area (Å²) in [6, 6.07) is 3.75. The fraction of sp³-hybridized carbons (Fsp3) is 0.545. The number of aromatic nitrogens is 1. The lowest BCUT2D eigenvalue weighted by atomic mass is 9.92. The Hall–Kier alpha value is -0.930. The molecule has 0 saturated heterocycles. The van der Waals surface area contributed by atoms with Crippen LogP contribution < -0.4 is 0 Å². The molecule has 0 saturated carbocycles. The zero-order chi connectivity index (χ0) is 10.8. The van der Waals surface area contributed by atoms with E-state index < -0.39 is 5.60 Å². The van der Waals surface area contributed by atoms with Gasteiger partial charge in [-0.25, -0.2) is 0 Å². The van der Waals surface area contributed by atoms with E-state index in [1.807, 2.05) is 26.0 Å². The van der Waals surface area contributed by atoms with Gasteiger partial charge in [0.15, 0.2) is 0 Å². The van der Waals surface area contributed by atoms with E-state index in [-0.39, 0.29) is 6.10 Å². The molecule has 0 aliphatic carbocycles. The maximum atomic E-state index is 10.2. The monoisotopic (exact) mass is 195 g/mol. The first kappa shape index (κ1) is 11.1. The van der Waals surface area contributed by atoms with Gasteiger partial charge < -0.3 is 9.84 Å². The molecule has 0 spiro atoms. The van der Waals surface area contributed by atoms with Crippen LogP contribution in [0.3, 0.4) is 0 Å². The maximum Gasteiger partial charge on any atom is 0.114 e. The van der Waals surface area contributed by atoms with Crippen LogP contribution in [0.2, 0.25) is 0 Å². The fourth-order valence-corrected chi connectivity index (χ4v) is 1.23. The van der Waals surface area contributed by atoms with Crippen molar-refractivity contribution < 1.29 is 9.84 Å². The van der Waals surface area contributed by atoms with Crippen molar-refractivity contribution in [2.45, 2.75) is 32.5 Å². The number of hydrogen-bond acceptors (Lipinski definition) is 3. The smallest absolute Gasteiger partial charge is 0.114 e. The molecule has 3 nitrogen and oxygen atoms in total. The zero-order valence-electron chi connectivity index (χ0n) is 9.11. The Morgan fingerprint density at radius 2 is 2.14 bits per heavy atom. The largest absolute Gasteiger partial charge is 0.383 e. The number of methoxy groups -OCH3 is 1. The summed E-state index contributed by atoms with van der Waals surface area (Å²) < 4.78 is 5.12. The van der Waals surface area contributed by atoms with E-state index >= 15 is 0 Å². The topological polar surface area (TPSA) is 42.4 Å². The molecule has 1 rings (SSSR count). The second-order valence-corrected chi connectivity index (χ2v) is 3.71. The summed E-state index contributed by atoms with van der Waals surface area (Å²) in [6.45, 7) is 5.48. The Bertz CT molecular complexity index is 293. The van der Waals surface area contributed by atoms with Gasteiger partial charge in [0, 0.05) is 24.6 Å². The maximum absolute atomic E-state index is 10.2. The number of aliphatic hydroxyl groups is 1. The van der Waals surface area contributed by atoms with Gasteiger partial charge in [0.1, 0.15) is 5.60 Å². The average Bonchev–Trinajstić information content (AvgIpc) is 2.17. The van der Waals surface area contributed by atoms with Crippen LogP contribution in [0.15, 0.2) is 18.3 Å². The Labute approximate surface area is 84.7 Å². The van der Waals surface area contributed by atoms with Crippen molar-refractivity contribution in [3.63, 3.8) is 0 Å². The molecule has 14 heavy (non-hydrogen) atoms. The van der Waals surface area contributed by atoms with Crippen molar-refractivity contribution in [3.8, 4) is 0 Å². The van der Waals surface area contributed by atoms with Crippen LogP contribution in [0.5, 0.6) is 0 Å².